The van der Waals surface area contributed by atoms with E-state index in [-0.39, 0.29) is 54.4 Å². The summed E-state index contributed by atoms with van der Waals surface area (Å²) in [5.41, 5.74) is 1.85. The molecule has 3 heterocycles. The van der Waals surface area contributed by atoms with Gasteiger partial charge < -0.3 is 28.0 Å². The quantitative estimate of drug-likeness (QED) is 0.0420. The highest BCUT2D eigenvalue weighted by atomic mass is 32.2. The van der Waals surface area contributed by atoms with Crippen molar-refractivity contribution in [3.05, 3.63) is 139 Å². The number of ether oxygens (including phenoxy) is 4. The van der Waals surface area contributed by atoms with Gasteiger partial charge in [0, 0.05) is 18.5 Å². The molecule has 346 valence electrons. The second-order valence-electron chi connectivity index (χ2n) is 15.8. The Balaban J connectivity index is 1.26. The Morgan fingerprint density at radius 3 is 2.05 bits per heavy atom. The Morgan fingerprint density at radius 2 is 1.47 bits per heavy atom. The SMILES string of the molecule is COc1ccc(C(OC[C@H]2O[C@@H](n3cnc4c(NC(=O)NS(=O)(=O)c5ccccc5)ncnc43)C[C@@H]2OP(OCCC#N)N(C(C)C)C(C)C)(c2ccccc2)c2ccc(OC)cc2)cc1. The van der Waals surface area contributed by atoms with Crippen LogP contribution in [0.15, 0.2) is 127 Å². The average Bonchev–Trinajstić information content (AvgIpc) is 3.94. The highest BCUT2D eigenvalue weighted by Crippen LogP contribution is 2.51. The van der Waals surface area contributed by atoms with Crippen LogP contribution in [0.1, 0.15) is 63.5 Å². The smallest absolute Gasteiger partial charge is 0.334 e. The van der Waals surface area contributed by atoms with E-state index >= 15 is 0 Å². The molecular formula is C47H53N8O9PS. The van der Waals surface area contributed by atoms with Gasteiger partial charge in [0.05, 0.1) is 57.3 Å². The minimum atomic E-state index is -4.18. The van der Waals surface area contributed by atoms with Gasteiger partial charge in [-0.1, -0.05) is 72.8 Å². The summed E-state index contributed by atoms with van der Waals surface area (Å²) in [5.74, 6) is 1.35. The predicted molar refractivity (Wildman–Crippen MR) is 248 cm³/mol. The summed E-state index contributed by atoms with van der Waals surface area (Å²) >= 11 is 0. The standard InChI is InChI=1S/C47H53N8O9PS/c1-32(2)55(33(3)4)65(62-27-13-26-48)64-40-28-42(54-31-51-43-44(49-30-50-45(43)54)52-46(56)53-66(57,58)39-16-11-8-12-17-39)63-41(40)29-61-47(34-14-9-7-10-15-34,35-18-22-37(59-5)23-19-35)36-20-24-38(60-6)25-21-36/h7-12,14-25,30-33,40-42H,13,27-29H2,1-6H3,(H2,49,50,52,53,56)/t40-,41+,42+,65?/m0/s1. The van der Waals surface area contributed by atoms with E-state index in [1.165, 1.54) is 24.8 Å². The summed E-state index contributed by atoms with van der Waals surface area (Å²) in [5, 5.41) is 12.0. The van der Waals surface area contributed by atoms with Gasteiger partial charge in [-0.3, -0.25) is 9.88 Å². The summed E-state index contributed by atoms with van der Waals surface area (Å²) in [6.45, 7) is 8.46. The second-order valence-corrected chi connectivity index (χ2v) is 18.9. The van der Waals surface area contributed by atoms with Gasteiger partial charge in [-0.25, -0.2) is 37.6 Å². The lowest BCUT2D eigenvalue weighted by molar-refractivity contribution is -0.0912. The monoisotopic (exact) mass is 936 g/mol. The van der Waals surface area contributed by atoms with E-state index in [4.69, 9.17) is 28.0 Å². The zero-order valence-electron chi connectivity index (χ0n) is 37.5. The van der Waals surface area contributed by atoms with Crippen LogP contribution < -0.4 is 19.5 Å². The van der Waals surface area contributed by atoms with Crippen LogP contribution in [0.4, 0.5) is 10.6 Å². The summed E-state index contributed by atoms with van der Waals surface area (Å²) < 4.78 is 70.5. The van der Waals surface area contributed by atoms with Crippen molar-refractivity contribution in [1.29, 1.82) is 5.26 Å². The Kier molecular flexibility index (Phi) is 15.6. The molecule has 0 radical (unpaired) electrons. The van der Waals surface area contributed by atoms with E-state index in [1.54, 1.807) is 37.0 Å². The van der Waals surface area contributed by atoms with Gasteiger partial charge in [-0.05, 0) is 80.8 Å². The van der Waals surface area contributed by atoms with E-state index in [2.05, 4.69) is 58.7 Å². The largest absolute Gasteiger partial charge is 0.497 e. The molecule has 4 aromatic carbocycles. The fourth-order valence-electron chi connectivity index (χ4n) is 7.89. The number of hydrogen-bond acceptors (Lipinski definition) is 14. The van der Waals surface area contributed by atoms with Gasteiger partial charge in [-0.15, -0.1) is 0 Å². The first-order chi connectivity index (χ1) is 31.9. The van der Waals surface area contributed by atoms with Gasteiger partial charge in [0.15, 0.2) is 17.0 Å². The maximum Gasteiger partial charge on any atom is 0.334 e. The van der Waals surface area contributed by atoms with Crippen molar-refractivity contribution in [2.24, 2.45) is 0 Å². The number of rotatable bonds is 20. The molecule has 2 N–H and O–H groups in total. The van der Waals surface area contributed by atoms with Gasteiger partial charge in [0.25, 0.3) is 18.5 Å². The minimum Gasteiger partial charge on any atom is -0.497 e. The van der Waals surface area contributed by atoms with E-state index in [1.807, 2.05) is 83.6 Å². The average molecular weight is 937 g/mol. The van der Waals surface area contributed by atoms with Crippen molar-refractivity contribution in [1.82, 2.24) is 28.9 Å². The second kappa shape index (κ2) is 21.5. The van der Waals surface area contributed by atoms with Gasteiger partial charge in [-0.2, -0.15) is 5.26 Å². The molecule has 1 aliphatic heterocycles. The lowest BCUT2D eigenvalue weighted by Gasteiger charge is -2.39. The normalized spacial score (nSPS) is 16.9. The van der Waals surface area contributed by atoms with Crippen molar-refractivity contribution in [2.45, 2.75) is 81.6 Å². The summed E-state index contributed by atoms with van der Waals surface area (Å²) in [7, 11) is -2.66. The van der Waals surface area contributed by atoms with E-state index in [9.17, 15) is 18.5 Å². The molecule has 1 fully saturated rings. The first-order valence-corrected chi connectivity index (χ1v) is 23.9. The molecule has 66 heavy (non-hydrogen) atoms. The fraction of sp³-hybridized carbons (Fsp3) is 0.340. The molecule has 0 spiro atoms. The number of anilines is 1. The highest BCUT2D eigenvalue weighted by molar-refractivity contribution is 7.90. The lowest BCUT2D eigenvalue weighted by atomic mass is 9.80. The van der Waals surface area contributed by atoms with E-state index in [0.29, 0.717) is 17.1 Å². The molecule has 0 saturated carbocycles. The molecule has 2 aromatic heterocycles. The molecule has 7 rings (SSSR count). The number of carbonyl (C=O) groups excluding carboxylic acids is 1. The van der Waals surface area contributed by atoms with Crippen LogP contribution in [0.25, 0.3) is 11.2 Å². The molecule has 1 unspecified atom stereocenters. The molecular weight excluding hydrogens is 884 g/mol. The number of amides is 2. The molecule has 19 heteroatoms. The predicted octanol–water partition coefficient (Wildman–Crippen LogP) is 8.31. The zero-order chi connectivity index (χ0) is 46.8. The Bertz CT molecular complexity index is 2630. The van der Waals surface area contributed by atoms with E-state index < -0.39 is 48.6 Å². The Labute approximate surface area is 386 Å². The number of aromatic nitrogens is 4. The number of imidazole rings is 1. The first kappa shape index (κ1) is 47.9. The first-order valence-electron chi connectivity index (χ1n) is 21.3. The van der Waals surface area contributed by atoms with Crippen molar-refractivity contribution in [2.75, 3.05) is 32.8 Å². The third-order valence-corrected chi connectivity index (χ3v) is 14.4. The van der Waals surface area contributed by atoms with Crippen LogP contribution in [-0.2, 0) is 34.1 Å². The minimum absolute atomic E-state index is 0.0172. The lowest BCUT2D eigenvalue weighted by Crippen LogP contribution is -2.39. The van der Waals surface area contributed by atoms with Crippen molar-refractivity contribution < 1.29 is 41.2 Å². The van der Waals surface area contributed by atoms with Crippen LogP contribution in [-0.4, -0.2) is 90.4 Å². The number of benzene rings is 4. The number of nitriles is 1. The van der Waals surface area contributed by atoms with Crippen molar-refractivity contribution >= 4 is 41.6 Å². The van der Waals surface area contributed by atoms with Crippen LogP contribution in [0.2, 0.25) is 0 Å². The number of hydrogen-bond donors (Lipinski definition) is 2. The van der Waals surface area contributed by atoms with Crippen molar-refractivity contribution in [3.63, 3.8) is 0 Å². The summed E-state index contributed by atoms with van der Waals surface area (Å²) in [6.07, 6.45) is 1.17. The molecule has 0 bridgehead atoms. The van der Waals surface area contributed by atoms with Crippen LogP contribution >= 0.6 is 8.53 Å². The third kappa shape index (κ3) is 10.6. The number of urea groups is 1. The maximum absolute atomic E-state index is 13.1. The highest BCUT2D eigenvalue weighted by Gasteiger charge is 2.45. The molecule has 1 saturated heterocycles. The Hall–Kier alpha value is -6.03. The molecule has 1 aliphatic rings. The molecule has 2 amide bonds. The number of methoxy groups -OCH3 is 2. The number of fused-ring (bicyclic) bond motifs is 1. The van der Waals surface area contributed by atoms with Crippen molar-refractivity contribution in [3.8, 4) is 17.6 Å². The summed E-state index contributed by atoms with van der Waals surface area (Å²) in [6, 6.07) is 34.2. The summed E-state index contributed by atoms with van der Waals surface area (Å²) in [4.78, 5) is 26.3. The van der Waals surface area contributed by atoms with E-state index in [0.717, 1.165) is 16.7 Å². The molecule has 4 atom stereocenters. The molecule has 17 nitrogen and oxygen atoms in total. The van der Waals surface area contributed by atoms with Gasteiger partial charge in [0.2, 0.25) is 0 Å². The maximum atomic E-state index is 13.1. The number of carbonyl (C=O) groups is 1. The fourth-order valence-corrected chi connectivity index (χ4v) is 10.6. The number of nitrogens with one attached hydrogen (secondary N) is 2. The van der Waals surface area contributed by atoms with Gasteiger partial charge >= 0.3 is 6.03 Å². The number of nitrogens with zero attached hydrogens (tertiary/aromatic N) is 6. The molecule has 6 aromatic rings. The third-order valence-electron chi connectivity index (χ3n) is 10.9. The van der Waals surface area contributed by atoms with Crippen LogP contribution in [0, 0.1) is 11.3 Å². The Morgan fingerprint density at radius 1 is 0.879 bits per heavy atom. The van der Waals surface area contributed by atoms with Gasteiger partial charge in [0.1, 0.15) is 35.8 Å². The van der Waals surface area contributed by atoms with Crippen LogP contribution in [0.3, 0.4) is 0 Å². The topological polar surface area (TPSA) is 201 Å². The zero-order valence-corrected chi connectivity index (χ0v) is 39.2. The number of sulfonamides is 1. The molecule has 0 aliphatic carbocycles. The van der Waals surface area contributed by atoms with Crippen LogP contribution in [0.5, 0.6) is 11.5 Å².